The quantitative estimate of drug-likeness (QED) is 0.475. The number of carbonyl (C=O) groups excluding carboxylic acids is 2. The summed E-state index contributed by atoms with van der Waals surface area (Å²) in [5.74, 6) is -1.42. The summed E-state index contributed by atoms with van der Waals surface area (Å²) in [6, 6.07) is 4.44. The Kier molecular flexibility index (Phi) is 3.34. The zero-order chi connectivity index (χ0) is 12.3. The lowest BCUT2D eigenvalue weighted by Crippen LogP contribution is -2.35. The summed E-state index contributed by atoms with van der Waals surface area (Å²) in [5.41, 5.74) is 10.6. The Hall–Kier alpha value is -2.24. The monoisotopic (exact) mass is 223 g/mol. The molecule has 0 spiro atoms. The number of para-hydroxylation sites is 1. The van der Waals surface area contributed by atoms with Crippen LogP contribution in [-0.2, 0) is 4.79 Å². The van der Waals surface area contributed by atoms with Crippen molar-refractivity contribution in [3.05, 3.63) is 23.8 Å². The molecule has 0 aliphatic heterocycles. The summed E-state index contributed by atoms with van der Waals surface area (Å²) in [7, 11) is 1.41. The van der Waals surface area contributed by atoms with E-state index < -0.39 is 11.8 Å². The highest BCUT2D eigenvalue weighted by Crippen LogP contribution is 2.25. The Morgan fingerprint density at radius 2 is 2.06 bits per heavy atom. The van der Waals surface area contributed by atoms with Gasteiger partial charge >= 0.3 is 0 Å². The van der Waals surface area contributed by atoms with Crippen LogP contribution in [0.25, 0.3) is 0 Å². The van der Waals surface area contributed by atoms with E-state index in [0.29, 0.717) is 0 Å². The molecular formula is C10H13N3O3. The molecule has 1 rings (SSSR count). The molecule has 0 aliphatic rings. The van der Waals surface area contributed by atoms with Gasteiger partial charge in [0.1, 0.15) is 0 Å². The zero-order valence-electron chi connectivity index (χ0n) is 8.80. The van der Waals surface area contributed by atoms with Crippen LogP contribution in [0.1, 0.15) is 10.4 Å². The van der Waals surface area contributed by atoms with Gasteiger partial charge in [-0.2, -0.15) is 0 Å². The van der Waals surface area contributed by atoms with Crippen LogP contribution in [0, 0.1) is 0 Å². The molecule has 0 fully saturated rings. The normalized spacial score (nSPS) is 9.81. The van der Waals surface area contributed by atoms with Crippen LogP contribution >= 0.6 is 0 Å². The fourth-order valence-electron chi connectivity index (χ4n) is 1.25. The van der Waals surface area contributed by atoms with Crippen molar-refractivity contribution in [1.29, 1.82) is 0 Å². The first-order chi connectivity index (χ1) is 7.43. The lowest BCUT2D eigenvalue weighted by Gasteiger charge is -2.16. The lowest BCUT2D eigenvalue weighted by atomic mass is 10.1. The molecule has 0 aromatic heterocycles. The van der Waals surface area contributed by atoms with Crippen LogP contribution in [0.15, 0.2) is 18.2 Å². The third kappa shape index (κ3) is 2.41. The number of aromatic hydroxyl groups is 1. The van der Waals surface area contributed by atoms with E-state index in [0.717, 1.165) is 4.90 Å². The Morgan fingerprint density at radius 1 is 1.44 bits per heavy atom. The summed E-state index contributed by atoms with van der Waals surface area (Å²) in [5, 5.41) is 9.56. The van der Waals surface area contributed by atoms with Crippen LogP contribution in [0.2, 0.25) is 0 Å². The third-order valence-corrected chi connectivity index (χ3v) is 2.04. The highest BCUT2D eigenvalue weighted by atomic mass is 16.3. The summed E-state index contributed by atoms with van der Waals surface area (Å²) in [6.45, 7) is -0.215. The minimum absolute atomic E-state index is 0.0451. The molecule has 0 atom stereocenters. The number of amides is 2. The predicted octanol–water partition coefficient (Wildman–Crippen LogP) is -0.468. The number of likely N-dealkylation sites (N-methyl/N-ethyl adjacent to an activating group) is 1. The lowest BCUT2D eigenvalue weighted by molar-refractivity contribution is -0.118. The number of anilines is 1. The van der Waals surface area contributed by atoms with E-state index in [2.05, 4.69) is 0 Å². The van der Waals surface area contributed by atoms with Gasteiger partial charge in [0.2, 0.25) is 5.91 Å². The van der Waals surface area contributed by atoms with Crippen LogP contribution in [0.5, 0.6) is 5.75 Å². The molecule has 5 N–H and O–H groups in total. The molecule has 0 saturated carbocycles. The molecule has 0 aliphatic carbocycles. The first kappa shape index (κ1) is 11.8. The smallest absolute Gasteiger partial charge is 0.257 e. The molecule has 0 radical (unpaired) electrons. The average Bonchev–Trinajstić information content (AvgIpc) is 2.20. The predicted molar refractivity (Wildman–Crippen MR) is 58.7 cm³/mol. The Labute approximate surface area is 92.4 Å². The first-order valence-electron chi connectivity index (χ1n) is 4.54. The molecule has 0 unspecified atom stereocenters. The standard InChI is InChI=1S/C10H13N3O3/c1-13(5-8(12)14)10(16)6-3-2-4-7(11)9(6)15/h2-4,15H,5,11H2,1H3,(H2,12,14). The molecule has 86 valence electrons. The molecule has 1 aromatic rings. The molecular weight excluding hydrogens is 210 g/mol. The fourth-order valence-corrected chi connectivity index (χ4v) is 1.25. The second-order valence-electron chi connectivity index (χ2n) is 3.37. The molecule has 6 heteroatoms. The van der Waals surface area contributed by atoms with Gasteiger partial charge in [0.05, 0.1) is 17.8 Å². The van der Waals surface area contributed by atoms with Crippen LogP contribution in [0.3, 0.4) is 0 Å². The van der Waals surface area contributed by atoms with Crippen LogP contribution < -0.4 is 11.5 Å². The third-order valence-electron chi connectivity index (χ3n) is 2.04. The van der Waals surface area contributed by atoms with Crippen molar-refractivity contribution in [3.8, 4) is 5.75 Å². The maximum Gasteiger partial charge on any atom is 0.257 e. The minimum atomic E-state index is -0.626. The topological polar surface area (TPSA) is 110 Å². The van der Waals surface area contributed by atoms with Crippen molar-refractivity contribution >= 4 is 17.5 Å². The number of nitrogens with two attached hydrogens (primary N) is 2. The average molecular weight is 223 g/mol. The van der Waals surface area contributed by atoms with E-state index in [4.69, 9.17) is 11.5 Å². The van der Waals surface area contributed by atoms with E-state index in [9.17, 15) is 14.7 Å². The van der Waals surface area contributed by atoms with Gasteiger partial charge in [-0.05, 0) is 12.1 Å². The van der Waals surface area contributed by atoms with Crippen molar-refractivity contribution < 1.29 is 14.7 Å². The first-order valence-corrected chi connectivity index (χ1v) is 4.54. The van der Waals surface area contributed by atoms with Gasteiger partial charge in [0.25, 0.3) is 5.91 Å². The van der Waals surface area contributed by atoms with Gasteiger partial charge in [-0.25, -0.2) is 0 Å². The number of benzene rings is 1. The van der Waals surface area contributed by atoms with Gasteiger partial charge in [-0.15, -0.1) is 0 Å². The largest absolute Gasteiger partial charge is 0.505 e. The van der Waals surface area contributed by atoms with Crippen molar-refractivity contribution in [2.45, 2.75) is 0 Å². The highest BCUT2D eigenvalue weighted by molar-refractivity contribution is 5.99. The molecule has 2 amide bonds. The molecule has 0 bridgehead atoms. The van der Waals surface area contributed by atoms with Crippen LogP contribution in [-0.4, -0.2) is 35.4 Å². The van der Waals surface area contributed by atoms with E-state index in [-0.39, 0.29) is 23.5 Å². The molecule has 1 aromatic carbocycles. The van der Waals surface area contributed by atoms with Gasteiger partial charge < -0.3 is 21.5 Å². The SMILES string of the molecule is CN(CC(N)=O)C(=O)c1cccc(N)c1O. The van der Waals surface area contributed by atoms with E-state index in [1.54, 1.807) is 6.07 Å². The Bertz CT molecular complexity index is 431. The van der Waals surface area contributed by atoms with Gasteiger partial charge in [-0.3, -0.25) is 9.59 Å². The maximum atomic E-state index is 11.8. The van der Waals surface area contributed by atoms with Gasteiger partial charge in [0.15, 0.2) is 5.75 Å². The molecule has 0 saturated heterocycles. The Balaban J connectivity index is 2.96. The summed E-state index contributed by atoms with van der Waals surface area (Å²) >= 11 is 0. The molecule has 6 nitrogen and oxygen atoms in total. The zero-order valence-corrected chi connectivity index (χ0v) is 8.80. The second kappa shape index (κ2) is 4.52. The number of nitrogens with zero attached hydrogens (tertiary/aromatic N) is 1. The fraction of sp³-hybridized carbons (Fsp3) is 0.200. The van der Waals surface area contributed by atoms with E-state index >= 15 is 0 Å². The van der Waals surface area contributed by atoms with Crippen LogP contribution in [0.4, 0.5) is 5.69 Å². The molecule has 16 heavy (non-hydrogen) atoms. The highest BCUT2D eigenvalue weighted by Gasteiger charge is 2.17. The van der Waals surface area contributed by atoms with Gasteiger partial charge in [-0.1, -0.05) is 6.07 Å². The second-order valence-corrected chi connectivity index (χ2v) is 3.37. The maximum absolute atomic E-state index is 11.8. The number of hydrogen-bond donors (Lipinski definition) is 3. The number of nitrogen functional groups attached to an aromatic ring is 1. The van der Waals surface area contributed by atoms with Crippen molar-refractivity contribution in [1.82, 2.24) is 4.90 Å². The number of primary amides is 1. The summed E-state index contributed by atoms with van der Waals surface area (Å²) in [6.07, 6.45) is 0. The number of rotatable bonds is 3. The number of hydrogen-bond acceptors (Lipinski definition) is 4. The summed E-state index contributed by atoms with van der Waals surface area (Å²) < 4.78 is 0. The van der Waals surface area contributed by atoms with Gasteiger partial charge in [0, 0.05) is 7.05 Å². The van der Waals surface area contributed by atoms with Crippen molar-refractivity contribution in [2.24, 2.45) is 5.73 Å². The van der Waals surface area contributed by atoms with E-state index in [1.807, 2.05) is 0 Å². The number of phenols is 1. The molecule has 0 heterocycles. The Morgan fingerprint density at radius 3 is 2.62 bits per heavy atom. The minimum Gasteiger partial charge on any atom is -0.505 e. The number of phenolic OH excluding ortho intramolecular Hbond substituents is 1. The summed E-state index contributed by atoms with van der Waals surface area (Å²) in [4.78, 5) is 23.5. The van der Waals surface area contributed by atoms with Crippen molar-refractivity contribution in [3.63, 3.8) is 0 Å². The van der Waals surface area contributed by atoms with E-state index in [1.165, 1.54) is 19.2 Å². The van der Waals surface area contributed by atoms with Crippen molar-refractivity contribution in [2.75, 3.05) is 19.3 Å². The number of carbonyl (C=O) groups is 2.